The molecule has 20 heavy (non-hydrogen) atoms. The summed E-state index contributed by atoms with van der Waals surface area (Å²) >= 11 is 0. The maximum atomic E-state index is 13.2. The van der Waals surface area contributed by atoms with Gasteiger partial charge in [0.25, 0.3) is 5.91 Å². The van der Waals surface area contributed by atoms with E-state index in [0.717, 1.165) is 0 Å². The molecule has 2 amide bonds. The first-order valence-electron chi connectivity index (χ1n) is 6.05. The number of nitrogens with one attached hydrogen (secondary N) is 2. The van der Waals surface area contributed by atoms with Crippen molar-refractivity contribution in [1.82, 2.24) is 10.6 Å². The van der Waals surface area contributed by atoms with Crippen LogP contribution in [0.4, 0.5) is 10.1 Å². The minimum atomic E-state index is -0.521. The number of carbonyl (C=O) groups excluding carboxylic acids is 2. The summed E-state index contributed by atoms with van der Waals surface area (Å²) in [6, 6.07) is 2.45. The molecule has 1 aromatic carbocycles. The van der Waals surface area contributed by atoms with Crippen LogP contribution in [0.1, 0.15) is 15.9 Å². The average molecular weight is 283 g/mol. The van der Waals surface area contributed by atoms with Crippen molar-refractivity contribution in [2.75, 3.05) is 32.5 Å². The number of nitrogen functional groups attached to an aromatic ring is 1. The van der Waals surface area contributed by atoms with Gasteiger partial charge in [0.1, 0.15) is 5.82 Å². The number of anilines is 1. The third-order valence-corrected chi connectivity index (χ3v) is 2.73. The molecule has 6 nitrogen and oxygen atoms in total. The van der Waals surface area contributed by atoms with Crippen molar-refractivity contribution in [3.05, 3.63) is 29.1 Å². The number of methoxy groups -OCH3 is 1. The van der Waals surface area contributed by atoms with Gasteiger partial charge in [0.15, 0.2) is 0 Å². The highest BCUT2D eigenvalue weighted by atomic mass is 19.1. The molecule has 0 aliphatic heterocycles. The van der Waals surface area contributed by atoms with Gasteiger partial charge in [-0.3, -0.25) is 9.59 Å². The van der Waals surface area contributed by atoms with Crippen LogP contribution in [-0.4, -0.2) is 38.6 Å². The van der Waals surface area contributed by atoms with Crippen LogP contribution in [-0.2, 0) is 9.53 Å². The molecule has 0 saturated carbocycles. The van der Waals surface area contributed by atoms with Crippen molar-refractivity contribution in [3.8, 4) is 0 Å². The van der Waals surface area contributed by atoms with Crippen LogP contribution < -0.4 is 16.4 Å². The lowest BCUT2D eigenvalue weighted by Crippen LogP contribution is -2.38. The standard InChI is InChI=1S/C13H18FN3O3/c1-8-10(14)4-3-9(12(8)15)13(19)17-7-11(18)16-5-6-20-2/h3-4H,5-7,15H2,1-2H3,(H,16,18)(H,17,19). The fraction of sp³-hybridized carbons (Fsp3) is 0.385. The van der Waals surface area contributed by atoms with E-state index in [-0.39, 0.29) is 29.3 Å². The van der Waals surface area contributed by atoms with Crippen LogP contribution in [0.2, 0.25) is 0 Å². The maximum Gasteiger partial charge on any atom is 0.253 e. The Hall–Kier alpha value is -2.15. The van der Waals surface area contributed by atoms with E-state index >= 15 is 0 Å². The predicted molar refractivity (Wildman–Crippen MR) is 72.8 cm³/mol. The molecule has 1 aromatic rings. The van der Waals surface area contributed by atoms with E-state index in [4.69, 9.17) is 10.5 Å². The number of halogens is 1. The fourth-order valence-corrected chi connectivity index (χ4v) is 1.51. The van der Waals surface area contributed by atoms with Crippen molar-refractivity contribution in [1.29, 1.82) is 0 Å². The number of hydrogen-bond donors (Lipinski definition) is 3. The van der Waals surface area contributed by atoms with E-state index in [1.165, 1.54) is 26.2 Å². The molecule has 110 valence electrons. The summed E-state index contributed by atoms with van der Waals surface area (Å²) < 4.78 is 18.0. The molecule has 0 unspecified atom stereocenters. The molecule has 0 atom stereocenters. The summed E-state index contributed by atoms with van der Waals surface area (Å²) in [5, 5.41) is 4.97. The van der Waals surface area contributed by atoms with Crippen LogP contribution in [0, 0.1) is 12.7 Å². The van der Waals surface area contributed by atoms with Crippen LogP contribution in [0.3, 0.4) is 0 Å². The molecular weight excluding hydrogens is 265 g/mol. The zero-order chi connectivity index (χ0) is 15.1. The number of amides is 2. The number of benzene rings is 1. The van der Waals surface area contributed by atoms with Gasteiger partial charge in [-0.1, -0.05) is 0 Å². The zero-order valence-electron chi connectivity index (χ0n) is 11.5. The first-order chi connectivity index (χ1) is 9.47. The van der Waals surface area contributed by atoms with Crippen LogP contribution >= 0.6 is 0 Å². The topological polar surface area (TPSA) is 93.5 Å². The quantitative estimate of drug-likeness (QED) is 0.514. The van der Waals surface area contributed by atoms with Crippen molar-refractivity contribution in [3.63, 3.8) is 0 Å². The lowest BCUT2D eigenvalue weighted by atomic mass is 10.1. The van der Waals surface area contributed by atoms with Gasteiger partial charge in [0, 0.05) is 19.2 Å². The van der Waals surface area contributed by atoms with Crippen LogP contribution in [0.5, 0.6) is 0 Å². The van der Waals surface area contributed by atoms with Gasteiger partial charge >= 0.3 is 0 Å². The van der Waals surface area contributed by atoms with Gasteiger partial charge in [-0.25, -0.2) is 4.39 Å². The molecule has 0 aliphatic rings. The number of rotatable bonds is 6. The summed E-state index contributed by atoms with van der Waals surface area (Å²) in [7, 11) is 1.52. The van der Waals surface area contributed by atoms with Gasteiger partial charge in [-0.05, 0) is 19.1 Å². The molecule has 4 N–H and O–H groups in total. The highest BCUT2D eigenvalue weighted by molar-refractivity contribution is 6.01. The Balaban J connectivity index is 2.55. The zero-order valence-corrected chi connectivity index (χ0v) is 11.5. The van der Waals surface area contributed by atoms with E-state index < -0.39 is 11.7 Å². The Morgan fingerprint density at radius 3 is 2.70 bits per heavy atom. The third-order valence-electron chi connectivity index (χ3n) is 2.73. The molecule has 0 aromatic heterocycles. The molecule has 0 fully saturated rings. The van der Waals surface area contributed by atoms with Crippen molar-refractivity contribution >= 4 is 17.5 Å². The predicted octanol–water partition coefficient (Wildman–Crippen LogP) is 0.209. The second-order valence-corrected chi connectivity index (χ2v) is 4.16. The Morgan fingerprint density at radius 1 is 1.35 bits per heavy atom. The second kappa shape index (κ2) is 7.44. The molecule has 0 saturated heterocycles. The second-order valence-electron chi connectivity index (χ2n) is 4.16. The fourth-order valence-electron chi connectivity index (χ4n) is 1.51. The maximum absolute atomic E-state index is 13.2. The number of nitrogens with two attached hydrogens (primary N) is 1. The molecule has 0 heterocycles. The largest absolute Gasteiger partial charge is 0.398 e. The number of hydrogen-bond acceptors (Lipinski definition) is 4. The molecule has 7 heteroatoms. The van der Waals surface area contributed by atoms with Crippen LogP contribution in [0.15, 0.2) is 12.1 Å². The molecule has 0 aliphatic carbocycles. The lowest BCUT2D eigenvalue weighted by molar-refractivity contribution is -0.120. The Labute approximate surface area is 116 Å². The SMILES string of the molecule is COCCNC(=O)CNC(=O)c1ccc(F)c(C)c1N. The Morgan fingerprint density at radius 2 is 2.05 bits per heavy atom. The highest BCUT2D eigenvalue weighted by Crippen LogP contribution is 2.19. The molecule has 0 radical (unpaired) electrons. The van der Waals surface area contributed by atoms with Gasteiger partial charge < -0.3 is 21.1 Å². The summed E-state index contributed by atoms with van der Waals surface area (Å²) in [6.07, 6.45) is 0. The molecule has 0 spiro atoms. The summed E-state index contributed by atoms with van der Waals surface area (Å²) in [5.74, 6) is -1.34. The van der Waals surface area contributed by atoms with Crippen molar-refractivity contribution < 1.29 is 18.7 Å². The molecule has 0 bridgehead atoms. The van der Waals surface area contributed by atoms with E-state index in [2.05, 4.69) is 10.6 Å². The van der Waals surface area contributed by atoms with Gasteiger partial charge in [-0.15, -0.1) is 0 Å². The lowest BCUT2D eigenvalue weighted by Gasteiger charge is -2.10. The Kier molecular flexibility index (Phi) is 5.92. The van der Waals surface area contributed by atoms with Gasteiger partial charge in [0.2, 0.25) is 5.91 Å². The van der Waals surface area contributed by atoms with Crippen molar-refractivity contribution in [2.45, 2.75) is 6.92 Å². The summed E-state index contributed by atoms with van der Waals surface area (Å²) in [5.41, 5.74) is 6.10. The third kappa shape index (κ3) is 4.20. The van der Waals surface area contributed by atoms with E-state index in [1.807, 2.05) is 0 Å². The Bertz CT molecular complexity index is 506. The van der Waals surface area contributed by atoms with E-state index in [9.17, 15) is 14.0 Å². The first kappa shape index (κ1) is 15.9. The molecule has 1 rings (SSSR count). The molecular formula is C13H18FN3O3. The summed E-state index contributed by atoms with van der Waals surface area (Å²) in [6.45, 7) is 2.06. The van der Waals surface area contributed by atoms with Crippen molar-refractivity contribution in [2.24, 2.45) is 0 Å². The average Bonchev–Trinajstić information content (AvgIpc) is 2.42. The summed E-state index contributed by atoms with van der Waals surface area (Å²) in [4.78, 5) is 23.2. The van der Waals surface area contributed by atoms with Gasteiger partial charge in [-0.2, -0.15) is 0 Å². The minimum Gasteiger partial charge on any atom is -0.398 e. The smallest absolute Gasteiger partial charge is 0.253 e. The minimum absolute atomic E-state index is 0.0716. The number of carbonyl (C=O) groups is 2. The first-order valence-corrected chi connectivity index (χ1v) is 6.05. The normalized spacial score (nSPS) is 10.2. The van der Waals surface area contributed by atoms with E-state index in [0.29, 0.717) is 13.2 Å². The van der Waals surface area contributed by atoms with Crippen LogP contribution in [0.25, 0.3) is 0 Å². The van der Waals surface area contributed by atoms with E-state index in [1.54, 1.807) is 0 Å². The monoisotopic (exact) mass is 283 g/mol. The van der Waals surface area contributed by atoms with Gasteiger partial charge in [0.05, 0.1) is 24.4 Å². The highest BCUT2D eigenvalue weighted by Gasteiger charge is 2.14. The number of ether oxygens (including phenoxy) is 1.